The van der Waals surface area contributed by atoms with Crippen LogP contribution in [0.3, 0.4) is 0 Å². The average Bonchev–Trinajstić information content (AvgIpc) is 3.13. The molecule has 0 amide bonds. The van der Waals surface area contributed by atoms with Crippen LogP contribution in [-0.4, -0.2) is 50.7 Å². The highest BCUT2D eigenvalue weighted by Gasteiger charge is 2.37. The van der Waals surface area contributed by atoms with Crippen LogP contribution in [0.5, 0.6) is 0 Å². The quantitative estimate of drug-likeness (QED) is 0.386. The molecule has 0 bridgehead atoms. The minimum atomic E-state index is -5.08. The molecule has 0 aliphatic carbocycles. The Hall–Kier alpha value is -2.58. The number of nitrogens with one attached hydrogen (secondary N) is 1. The topological polar surface area (TPSA) is 110 Å². The van der Waals surface area contributed by atoms with E-state index in [0.717, 1.165) is 0 Å². The van der Waals surface area contributed by atoms with Crippen LogP contribution in [0.25, 0.3) is 0 Å². The summed E-state index contributed by atoms with van der Waals surface area (Å²) in [6.45, 7) is -0.131. The van der Waals surface area contributed by atoms with E-state index in [0.29, 0.717) is 18.8 Å². The van der Waals surface area contributed by atoms with Crippen LogP contribution < -0.4 is 15.4 Å². The van der Waals surface area contributed by atoms with Gasteiger partial charge in [-0.3, -0.25) is 0 Å². The van der Waals surface area contributed by atoms with Crippen LogP contribution >= 0.6 is 0 Å². The van der Waals surface area contributed by atoms with Crippen molar-refractivity contribution in [3.63, 3.8) is 0 Å². The number of anilines is 2. The van der Waals surface area contributed by atoms with Gasteiger partial charge in [0.25, 0.3) is 0 Å². The van der Waals surface area contributed by atoms with Crippen LogP contribution in [0.15, 0.2) is 17.3 Å². The van der Waals surface area contributed by atoms with Crippen molar-refractivity contribution in [1.29, 1.82) is 0 Å². The second-order valence-electron chi connectivity index (χ2n) is 6.45. The van der Waals surface area contributed by atoms with Crippen LogP contribution in [0.4, 0.5) is 33.6 Å². The number of aromatic nitrogens is 2. The first-order valence-electron chi connectivity index (χ1n) is 8.44. The number of rotatable bonds is 6. The Balaban J connectivity index is 1.88. The number of nitrogens with zero attached hydrogens (tertiary/aromatic N) is 3. The number of hydrogen-bond donors (Lipinski definition) is 2. The third kappa shape index (κ3) is 4.02. The molecule has 2 aromatic rings. The second kappa shape index (κ2) is 8.28. The summed E-state index contributed by atoms with van der Waals surface area (Å²) in [6, 6.07) is 0.823. The molecule has 0 unspecified atom stereocenters. The minimum absolute atomic E-state index is 0.154. The van der Waals surface area contributed by atoms with Gasteiger partial charge in [0.2, 0.25) is 15.8 Å². The lowest BCUT2D eigenvalue weighted by molar-refractivity contribution is 0.118. The van der Waals surface area contributed by atoms with E-state index in [9.17, 15) is 30.4 Å². The van der Waals surface area contributed by atoms with Crippen molar-refractivity contribution >= 4 is 21.7 Å². The van der Waals surface area contributed by atoms with Gasteiger partial charge in [0.1, 0.15) is 18.0 Å². The lowest BCUT2D eigenvalue weighted by Crippen LogP contribution is -2.41. The summed E-state index contributed by atoms with van der Waals surface area (Å²) in [7, 11) is -3.64. The standard InChI is InChI=1S/C16H16F5N5O3S/c1-29-8-2-7(26(5-8)10-3-9(22)23-6-24-10)4-25-30(27,28)16-14(20)12(18)11(17)13(19)15(16)21/h3,6-8,25H,2,4-5H2,1H3,(H2,22,23,24)/t7-,8-/m1/s1. The highest BCUT2D eigenvalue weighted by molar-refractivity contribution is 7.89. The van der Waals surface area contributed by atoms with Crippen molar-refractivity contribution < 1.29 is 35.1 Å². The maximum atomic E-state index is 13.9. The summed E-state index contributed by atoms with van der Waals surface area (Å²) in [6.07, 6.45) is 1.16. The first-order chi connectivity index (χ1) is 14.1. The monoisotopic (exact) mass is 453 g/mol. The molecule has 1 aromatic heterocycles. The highest BCUT2D eigenvalue weighted by Crippen LogP contribution is 2.28. The summed E-state index contributed by atoms with van der Waals surface area (Å²) < 4.78 is 99.6. The number of halogens is 5. The molecule has 164 valence electrons. The third-order valence-electron chi connectivity index (χ3n) is 4.62. The lowest BCUT2D eigenvalue weighted by atomic mass is 10.2. The third-order valence-corrected chi connectivity index (χ3v) is 6.07. The molecule has 3 rings (SSSR count). The Morgan fingerprint density at radius 1 is 1.13 bits per heavy atom. The molecule has 14 heteroatoms. The van der Waals surface area contributed by atoms with E-state index in [1.54, 1.807) is 4.90 Å². The number of benzene rings is 1. The molecular formula is C16H16F5N5O3S. The predicted octanol–water partition coefficient (Wildman–Crippen LogP) is 1.33. The normalized spacial score (nSPS) is 19.5. The number of methoxy groups -OCH3 is 1. The van der Waals surface area contributed by atoms with Gasteiger partial charge in [-0.2, -0.15) is 0 Å². The van der Waals surface area contributed by atoms with Crippen molar-refractivity contribution in [3.05, 3.63) is 41.5 Å². The molecule has 1 aliphatic rings. The first-order valence-corrected chi connectivity index (χ1v) is 9.93. The average molecular weight is 453 g/mol. The fourth-order valence-corrected chi connectivity index (χ4v) is 4.34. The molecule has 0 spiro atoms. The molecule has 8 nitrogen and oxygen atoms in total. The molecule has 1 fully saturated rings. The van der Waals surface area contributed by atoms with Gasteiger partial charge in [-0.15, -0.1) is 0 Å². The van der Waals surface area contributed by atoms with Gasteiger partial charge in [0.15, 0.2) is 28.2 Å². The van der Waals surface area contributed by atoms with E-state index >= 15 is 0 Å². The number of sulfonamides is 1. The van der Waals surface area contributed by atoms with Crippen LogP contribution in [-0.2, 0) is 14.8 Å². The predicted molar refractivity (Wildman–Crippen MR) is 94.4 cm³/mol. The van der Waals surface area contributed by atoms with Gasteiger partial charge >= 0.3 is 0 Å². The van der Waals surface area contributed by atoms with Crippen molar-refractivity contribution in [1.82, 2.24) is 14.7 Å². The van der Waals surface area contributed by atoms with Gasteiger partial charge in [-0.25, -0.2) is 45.1 Å². The van der Waals surface area contributed by atoms with E-state index in [1.807, 2.05) is 4.72 Å². The fraction of sp³-hybridized carbons (Fsp3) is 0.375. The number of nitrogen functional groups attached to an aromatic ring is 1. The van der Waals surface area contributed by atoms with Gasteiger partial charge in [-0.1, -0.05) is 0 Å². The SMILES string of the molecule is CO[C@@H]1C[C@H](CNS(=O)(=O)c2c(F)c(F)c(F)c(F)c2F)N(c2cc(N)ncn2)C1. The maximum Gasteiger partial charge on any atom is 0.246 e. The summed E-state index contributed by atoms with van der Waals surface area (Å²) >= 11 is 0. The van der Waals surface area contributed by atoms with Crippen molar-refractivity contribution in [2.45, 2.75) is 23.5 Å². The Kier molecular flexibility index (Phi) is 6.10. The van der Waals surface area contributed by atoms with E-state index in [2.05, 4.69) is 9.97 Å². The molecule has 1 aliphatic heterocycles. The zero-order valence-corrected chi connectivity index (χ0v) is 16.2. The largest absolute Gasteiger partial charge is 0.384 e. The molecule has 1 saturated heterocycles. The maximum absolute atomic E-state index is 13.9. The summed E-state index contributed by atoms with van der Waals surface area (Å²) in [4.78, 5) is 7.49. The lowest BCUT2D eigenvalue weighted by Gasteiger charge is -2.25. The van der Waals surface area contributed by atoms with Crippen LogP contribution in [0.1, 0.15) is 6.42 Å². The summed E-state index contributed by atoms with van der Waals surface area (Å²) in [5.74, 6) is -11.5. The number of nitrogens with two attached hydrogens (primary N) is 1. The van der Waals surface area contributed by atoms with Gasteiger partial charge in [0, 0.05) is 32.3 Å². The second-order valence-corrected chi connectivity index (χ2v) is 8.16. The zero-order valence-electron chi connectivity index (χ0n) is 15.4. The molecule has 1 aromatic carbocycles. The van der Waals surface area contributed by atoms with Gasteiger partial charge < -0.3 is 15.4 Å². The van der Waals surface area contributed by atoms with E-state index in [4.69, 9.17) is 10.5 Å². The van der Waals surface area contributed by atoms with Gasteiger partial charge in [0.05, 0.1) is 6.10 Å². The van der Waals surface area contributed by atoms with Crippen molar-refractivity contribution in [3.8, 4) is 0 Å². The van der Waals surface area contributed by atoms with Gasteiger partial charge in [-0.05, 0) is 6.42 Å². The highest BCUT2D eigenvalue weighted by atomic mass is 32.2. The number of hydrogen-bond acceptors (Lipinski definition) is 7. The first kappa shape index (κ1) is 22.1. The Morgan fingerprint density at radius 3 is 2.30 bits per heavy atom. The molecule has 2 heterocycles. The van der Waals surface area contributed by atoms with Crippen LogP contribution in [0.2, 0.25) is 0 Å². The van der Waals surface area contributed by atoms with E-state index in [1.165, 1.54) is 19.5 Å². The van der Waals surface area contributed by atoms with Crippen molar-refractivity contribution in [2.75, 3.05) is 30.8 Å². The molecular weight excluding hydrogens is 437 g/mol. The summed E-state index contributed by atoms with van der Waals surface area (Å²) in [5.41, 5.74) is 5.63. The van der Waals surface area contributed by atoms with E-state index in [-0.39, 0.29) is 11.9 Å². The fourth-order valence-electron chi connectivity index (χ4n) is 3.14. The van der Waals surface area contributed by atoms with Crippen molar-refractivity contribution in [2.24, 2.45) is 0 Å². The number of ether oxygens (including phenoxy) is 1. The molecule has 3 N–H and O–H groups in total. The van der Waals surface area contributed by atoms with Crippen LogP contribution in [0, 0.1) is 29.1 Å². The smallest absolute Gasteiger partial charge is 0.246 e. The zero-order chi connectivity index (χ0) is 22.2. The Morgan fingerprint density at radius 2 is 1.73 bits per heavy atom. The Bertz CT molecular complexity index is 1040. The molecule has 30 heavy (non-hydrogen) atoms. The molecule has 0 saturated carbocycles. The molecule has 2 atom stereocenters. The Labute approximate surface area is 167 Å². The minimum Gasteiger partial charge on any atom is -0.384 e. The summed E-state index contributed by atoms with van der Waals surface area (Å²) in [5, 5.41) is 0. The van der Waals surface area contributed by atoms with E-state index < -0.39 is 56.6 Å². The molecule has 0 radical (unpaired) electrons.